The standard InChI is InChI=1S/C20H23BrN2O2S/c1-4-5-10-25-17-8-6-15(7-9-17)19(24)23-20(26)22-18-13(2)11-16(21)12-14(18)3/h6-9,11-12H,4-5,10H2,1-3H3,(H2,22,23,24,26). The Balaban J connectivity index is 1.96. The summed E-state index contributed by atoms with van der Waals surface area (Å²) in [5.41, 5.74) is 3.52. The Kier molecular flexibility index (Phi) is 7.60. The molecule has 4 nitrogen and oxygen atoms in total. The number of amides is 1. The van der Waals surface area contributed by atoms with Gasteiger partial charge in [-0.25, -0.2) is 0 Å². The second kappa shape index (κ2) is 9.69. The summed E-state index contributed by atoms with van der Waals surface area (Å²) in [6.45, 7) is 6.77. The summed E-state index contributed by atoms with van der Waals surface area (Å²) in [6.07, 6.45) is 2.10. The highest BCUT2D eigenvalue weighted by Crippen LogP contribution is 2.25. The number of anilines is 1. The fraction of sp³-hybridized carbons (Fsp3) is 0.300. The molecular weight excluding hydrogens is 412 g/mol. The number of ether oxygens (including phenoxy) is 1. The van der Waals surface area contributed by atoms with Crippen LogP contribution in [-0.4, -0.2) is 17.6 Å². The number of hydrogen-bond donors (Lipinski definition) is 2. The minimum atomic E-state index is -0.255. The highest BCUT2D eigenvalue weighted by atomic mass is 79.9. The van der Waals surface area contributed by atoms with Crippen LogP contribution in [0, 0.1) is 13.8 Å². The lowest BCUT2D eigenvalue weighted by molar-refractivity contribution is 0.0977. The van der Waals surface area contributed by atoms with Crippen molar-refractivity contribution in [1.82, 2.24) is 5.32 Å². The van der Waals surface area contributed by atoms with E-state index >= 15 is 0 Å². The van der Waals surface area contributed by atoms with Crippen LogP contribution >= 0.6 is 28.1 Å². The lowest BCUT2D eigenvalue weighted by atomic mass is 10.1. The van der Waals surface area contributed by atoms with Crippen LogP contribution in [0.5, 0.6) is 5.75 Å². The molecule has 2 N–H and O–H groups in total. The second-order valence-corrected chi connectivity index (χ2v) is 7.37. The van der Waals surface area contributed by atoms with Gasteiger partial charge in [0.15, 0.2) is 5.11 Å². The molecule has 6 heteroatoms. The Labute approximate surface area is 168 Å². The molecule has 0 aliphatic carbocycles. The maximum Gasteiger partial charge on any atom is 0.257 e. The van der Waals surface area contributed by atoms with Crippen LogP contribution in [-0.2, 0) is 0 Å². The van der Waals surface area contributed by atoms with Gasteiger partial charge in [0.05, 0.1) is 6.61 Å². The summed E-state index contributed by atoms with van der Waals surface area (Å²) in [7, 11) is 0. The van der Waals surface area contributed by atoms with Crippen LogP contribution < -0.4 is 15.4 Å². The Bertz CT molecular complexity index is 768. The first-order valence-electron chi connectivity index (χ1n) is 8.52. The molecule has 0 unspecified atom stereocenters. The minimum Gasteiger partial charge on any atom is -0.494 e. The van der Waals surface area contributed by atoms with Gasteiger partial charge in [-0.2, -0.15) is 0 Å². The van der Waals surface area contributed by atoms with E-state index in [4.69, 9.17) is 17.0 Å². The van der Waals surface area contributed by atoms with Crippen molar-refractivity contribution in [1.29, 1.82) is 0 Å². The SMILES string of the molecule is CCCCOc1ccc(C(=O)NC(=S)Nc2c(C)cc(Br)cc2C)cc1. The second-order valence-electron chi connectivity index (χ2n) is 6.05. The van der Waals surface area contributed by atoms with Gasteiger partial charge < -0.3 is 10.1 Å². The van der Waals surface area contributed by atoms with Crippen molar-refractivity contribution >= 4 is 44.9 Å². The first-order valence-corrected chi connectivity index (χ1v) is 9.72. The normalized spacial score (nSPS) is 10.3. The molecule has 0 fully saturated rings. The van der Waals surface area contributed by atoms with Crippen molar-refractivity contribution in [2.45, 2.75) is 33.6 Å². The van der Waals surface area contributed by atoms with Crippen molar-refractivity contribution in [2.24, 2.45) is 0 Å². The number of benzene rings is 2. The van der Waals surface area contributed by atoms with E-state index in [2.05, 4.69) is 33.5 Å². The molecule has 0 aromatic heterocycles. The Hall–Kier alpha value is -1.92. The molecule has 0 atom stereocenters. The van der Waals surface area contributed by atoms with E-state index in [1.54, 1.807) is 24.3 Å². The number of rotatable bonds is 6. The summed E-state index contributed by atoms with van der Waals surface area (Å²) < 4.78 is 6.61. The molecule has 0 bridgehead atoms. The molecule has 0 spiro atoms. The average Bonchev–Trinajstić information content (AvgIpc) is 2.59. The summed E-state index contributed by atoms with van der Waals surface area (Å²) in [5, 5.41) is 6.09. The van der Waals surface area contributed by atoms with Crippen LogP contribution in [0.3, 0.4) is 0 Å². The molecule has 0 saturated carbocycles. The number of thiocarbonyl (C=S) groups is 1. The van der Waals surface area contributed by atoms with E-state index in [0.717, 1.165) is 39.9 Å². The molecule has 0 heterocycles. The van der Waals surface area contributed by atoms with Gasteiger partial charge in [0.25, 0.3) is 5.91 Å². The maximum absolute atomic E-state index is 12.4. The molecule has 0 aliphatic rings. The Morgan fingerprint density at radius 1 is 1.15 bits per heavy atom. The third kappa shape index (κ3) is 5.81. The maximum atomic E-state index is 12.4. The van der Waals surface area contributed by atoms with Crippen molar-refractivity contribution < 1.29 is 9.53 Å². The van der Waals surface area contributed by atoms with Crippen molar-refractivity contribution in [3.63, 3.8) is 0 Å². The van der Waals surface area contributed by atoms with E-state index in [0.29, 0.717) is 12.2 Å². The largest absolute Gasteiger partial charge is 0.494 e. The van der Waals surface area contributed by atoms with Crippen molar-refractivity contribution in [3.05, 3.63) is 57.6 Å². The minimum absolute atomic E-state index is 0.255. The van der Waals surface area contributed by atoms with Gasteiger partial charge in [0.2, 0.25) is 0 Å². The number of unbranched alkanes of at least 4 members (excludes halogenated alkanes) is 1. The zero-order valence-electron chi connectivity index (χ0n) is 15.2. The van der Waals surface area contributed by atoms with Gasteiger partial charge in [-0.05, 0) is 80.0 Å². The Morgan fingerprint density at radius 2 is 1.77 bits per heavy atom. The zero-order chi connectivity index (χ0) is 19.1. The summed E-state index contributed by atoms with van der Waals surface area (Å²) in [4.78, 5) is 12.4. The van der Waals surface area contributed by atoms with E-state index < -0.39 is 0 Å². The molecular formula is C20H23BrN2O2S. The predicted molar refractivity (Wildman–Crippen MR) is 114 cm³/mol. The average molecular weight is 435 g/mol. The lowest BCUT2D eigenvalue weighted by Crippen LogP contribution is -2.34. The van der Waals surface area contributed by atoms with E-state index in [-0.39, 0.29) is 11.0 Å². The fourth-order valence-corrected chi connectivity index (χ4v) is 3.35. The number of aryl methyl sites for hydroxylation is 2. The zero-order valence-corrected chi connectivity index (χ0v) is 17.6. The first-order chi connectivity index (χ1) is 12.4. The Morgan fingerprint density at radius 3 is 2.35 bits per heavy atom. The van der Waals surface area contributed by atoms with E-state index in [1.807, 2.05) is 26.0 Å². The fourth-order valence-electron chi connectivity index (χ4n) is 2.46. The number of carbonyl (C=O) groups is 1. The lowest BCUT2D eigenvalue weighted by Gasteiger charge is -2.15. The van der Waals surface area contributed by atoms with Crippen LogP contribution in [0.25, 0.3) is 0 Å². The van der Waals surface area contributed by atoms with E-state index in [1.165, 1.54) is 0 Å². The van der Waals surface area contributed by atoms with Gasteiger partial charge >= 0.3 is 0 Å². The predicted octanol–water partition coefficient (Wildman–Crippen LogP) is 5.37. The van der Waals surface area contributed by atoms with Gasteiger partial charge in [-0.1, -0.05) is 29.3 Å². The summed E-state index contributed by atoms with van der Waals surface area (Å²) in [6, 6.07) is 11.0. The molecule has 26 heavy (non-hydrogen) atoms. The van der Waals surface area contributed by atoms with Crippen LogP contribution in [0.15, 0.2) is 40.9 Å². The van der Waals surface area contributed by atoms with Crippen molar-refractivity contribution in [3.8, 4) is 5.75 Å². The molecule has 138 valence electrons. The quantitative estimate of drug-likeness (QED) is 0.473. The monoisotopic (exact) mass is 434 g/mol. The molecule has 2 rings (SSSR count). The molecule has 2 aromatic carbocycles. The molecule has 0 aliphatic heterocycles. The summed E-state index contributed by atoms with van der Waals surface area (Å²) >= 11 is 8.75. The number of hydrogen-bond acceptors (Lipinski definition) is 3. The van der Waals surface area contributed by atoms with Gasteiger partial charge in [-0.3, -0.25) is 10.1 Å². The van der Waals surface area contributed by atoms with Crippen LogP contribution in [0.1, 0.15) is 41.3 Å². The van der Waals surface area contributed by atoms with Crippen LogP contribution in [0.4, 0.5) is 5.69 Å². The highest BCUT2D eigenvalue weighted by Gasteiger charge is 2.11. The van der Waals surface area contributed by atoms with Gasteiger partial charge in [0.1, 0.15) is 5.75 Å². The molecule has 1 amide bonds. The molecule has 2 aromatic rings. The smallest absolute Gasteiger partial charge is 0.257 e. The van der Waals surface area contributed by atoms with Crippen LogP contribution in [0.2, 0.25) is 0 Å². The summed E-state index contributed by atoms with van der Waals surface area (Å²) in [5.74, 6) is 0.506. The third-order valence-electron chi connectivity index (χ3n) is 3.85. The van der Waals surface area contributed by atoms with Gasteiger partial charge in [0, 0.05) is 15.7 Å². The van der Waals surface area contributed by atoms with Gasteiger partial charge in [-0.15, -0.1) is 0 Å². The first kappa shape index (κ1) is 20.4. The van der Waals surface area contributed by atoms with Crippen molar-refractivity contribution in [2.75, 3.05) is 11.9 Å². The number of halogens is 1. The third-order valence-corrected chi connectivity index (χ3v) is 4.51. The molecule has 0 radical (unpaired) electrons. The van der Waals surface area contributed by atoms with E-state index in [9.17, 15) is 4.79 Å². The number of carbonyl (C=O) groups excluding carboxylic acids is 1. The topological polar surface area (TPSA) is 50.4 Å². The highest BCUT2D eigenvalue weighted by molar-refractivity contribution is 9.10. The number of nitrogens with one attached hydrogen (secondary N) is 2. The molecule has 0 saturated heterocycles.